The Kier molecular flexibility index (Phi) is 7.67. The molecule has 3 fully saturated rings. The third kappa shape index (κ3) is 5.18. The summed E-state index contributed by atoms with van der Waals surface area (Å²) in [7, 11) is 0. The Bertz CT molecular complexity index is 1130. The first-order valence-electron chi connectivity index (χ1n) is 12.4. The van der Waals surface area contributed by atoms with Crippen molar-refractivity contribution in [1.82, 2.24) is 9.80 Å². The first-order valence-corrected chi connectivity index (χ1v) is 14.5. The smallest absolute Gasteiger partial charge is 0.254 e. The number of thioether (sulfide) groups is 2. The lowest BCUT2D eigenvalue weighted by atomic mass is 10.1. The van der Waals surface area contributed by atoms with Gasteiger partial charge in [0.1, 0.15) is 18.4 Å². The van der Waals surface area contributed by atoms with Crippen molar-refractivity contribution in [1.29, 1.82) is 0 Å². The Morgan fingerprint density at radius 1 is 0.833 bits per heavy atom. The van der Waals surface area contributed by atoms with Gasteiger partial charge >= 0.3 is 0 Å². The maximum absolute atomic E-state index is 13.6. The average molecular weight is 524 g/mol. The molecule has 3 heterocycles. The Morgan fingerprint density at radius 2 is 1.47 bits per heavy atom. The molecule has 0 bridgehead atoms. The maximum atomic E-state index is 13.6. The summed E-state index contributed by atoms with van der Waals surface area (Å²) in [6.45, 7) is 1.01. The summed E-state index contributed by atoms with van der Waals surface area (Å²) in [4.78, 5) is 54.0. The van der Waals surface area contributed by atoms with Crippen LogP contribution in [-0.2, 0) is 9.59 Å². The van der Waals surface area contributed by atoms with Crippen LogP contribution in [0.3, 0.4) is 0 Å². The van der Waals surface area contributed by atoms with E-state index in [0.717, 1.165) is 36.3 Å². The highest BCUT2D eigenvalue weighted by molar-refractivity contribution is 8.19. The average Bonchev–Trinajstić information content (AvgIpc) is 3.70. The van der Waals surface area contributed by atoms with Crippen LogP contribution in [0.1, 0.15) is 56.5 Å². The van der Waals surface area contributed by atoms with E-state index < -0.39 is 12.1 Å². The lowest BCUT2D eigenvalue weighted by Crippen LogP contribution is -2.51. The first kappa shape index (κ1) is 24.9. The van der Waals surface area contributed by atoms with Gasteiger partial charge in [0.15, 0.2) is 0 Å². The number of nitrogens with zero attached hydrogens (tertiary/aromatic N) is 2. The van der Waals surface area contributed by atoms with Gasteiger partial charge in [0, 0.05) is 41.4 Å². The molecule has 0 saturated carbocycles. The molecule has 3 aliphatic heterocycles. The molecule has 3 saturated heterocycles. The molecule has 1 N–H and O–H groups in total. The fraction of sp³-hybridized carbons (Fsp3) is 0.407. The summed E-state index contributed by atoms with van der Waals surface area (Å²) in [6.07, 6.45) is 3.42. The van der Waals surface area contributed by atoms with Crippen LogP contribution in [-0.4, -0.2) is 70.5 Å². The Hall–Kier alpha value is -2.78. The molecule has 9 heteroatoms. The minimum atomic E-state index is -0.572. The van der Waals surface area contributed by atoms with Crippen molar-refractivity contribution in [2.24, 2.45) is 0 Å². The van der Waals surface area contributed by atoms with E-state index in [1.54, 1.807) is 34.1 Å². The number of carbonyl (C=O) groups is 4. The molecule has 7 nitrogen and oxygen atoms in total. The number of hydrogen-bond donors (Lipinski definition) is 1. The molecule has 0 unspecified atom stereocenters. The van der Waals surface area contributed by atoms with Crippen molar-refractivity contribution >= 4 is 53.2 Å². The number of likely N-dealkylation sites (tertiary alicyclic amines) is 2. The third-order valence-corrected chi connectivity index (χ3v) is 10.1. The molecule has 2 atom stereocenters. The van der Waals surface area contributed by atoms with Crippen LogP contribution < -0.4 is 5.32 Å². The van der Waals surface area contributed by atoms with E-state index >= 15 is 0 Å². The van der Waals surface area contributed by atoms with Crippen molar-refractivity contribution in [2.75, 3.05) is 29.9 Å². The fourth-order valence-electron chi connectivity index (χ4n) is 5.13. The zero-order chi connectivity index (χ0) is 25.1. The van der Waals surface area contributed by atoms with Crippen molar-refractivity contribution < 1.29 is 19.2 Å². The van der Waals surface area contributed by atoms with Gasteiger partial charge in [-0.25, -0.2) is 0 Å². The van der Waals surface area contributed by atoms with Gasteiger partial charge in [0.2, 0.25) is 11.8 Å². The summed E-state index contributed by atoms with van der Waals surface area (Å²) < 4.78 is 0.456. The second-order valence-corrected chi connectivity index (χ2v) is 12.0. The summed E-state index contributed by atoms with van der Waals surface area (Å²) in [5, 5.41) is 2.99. The highest BCUT2D eigenvalue weighted by Gasteiger charge is 2.42. The van der Waals surface area contributed by atoms with Gasteiger partial charge in [0.05, 0.1) is 4.58 Å². The molecule has 0 radical (unpaired) electrons. The van der Waals surface area contributed by atoms with Gasteiger partial charge in [-0.05, 0) is 55.5 Å². The zero-order valence-electron chi connectivity index (χ0n) is 19.9. The summed E-state index contributed by atoms with van der Waals surface area (Å²) in [6, 6.07) is 13.3. The van der Waals surface area contributed by atoms with Gasteiger partial charge in [-0.1, -0.05) is 24.3 Å². The minimum Gasteiger partial charge on any atom is -0.329 e. The third-order valence-electron chi connectivity index (χ3n) is 7.00. The molecule has 0 aromatic heterocycles. The van der Waals surface area contributed by atoms with E-state index in [2.05, 4.69) is 17.4 Å². The van der Waals surface area contributed by atoms with Crippen molar-refractivity contribution in [2.45, 2.75) is 42.3 Å². The molecule has 188 valence electrons. The maximum Gasteiger partial charge on any atom is 0.254 e. The predicted molar refractivity (Wildman–Crippen MR) is 143 cm³/mol. The number of rotatable bonds is 6. The Labute approximate surface area is 219 Å². The lowest BCUT2D eigenvalue weighted by Gasteiger charge is -2.31. The first-order chi connectivity index (χ1) is 17.5. The van der Waals surface area contributed by atoms with Crippen molar-refractivity contribution in [3.63, 3.8) is 0 Å². The van der Waals surface area contributed by atoms with Crippen LogP contribution in [0.4, 0.5) is 5.69 Å². The van der Waals surface area contributed by atoms with Crippen LogP contribution in [0.25, 0.3) is 0 Å². The molecular weight excluding hydrogens is 494 g/mol. The largest absolute Gasteiger partial charge is 0.329 e. The van der Waals surface area contributed by atoms with E-state index in [4.69, 9.17) is 0 Å². The van der Waals surface area contributed by atoms with Gasteiger partial charge in [-0.2, -0.15) is 0 Å². The van der Waals surface area contributed by atoms with Crippen molar-refractivity contribution in [3.05, 3.63) is 65.2 Å². The van der Waals surface area contributed by atoms with Crippen LogP contribution in [0.15, 0.2) is 48.5 Å². The number of anilines is 1. The highest BCUT2D eigenvalue weighted by atomic mass is 32.2. The van der Waals surface area contributed by atoms with Gasteiger partial charge in [-0.15, -0.1) is 23.5 Å². The SMILES string of the molecule is O=Cc1ccc(C(=O)N2CCC[C@@H]2C(=O)N2CCC[C@H]2C(=O)Nc2ccc(C3SCCS3)cc2)cc1. The van der Waals surface area contributed by atoms with E-state index in [-0.39, 0.29) is 17.7 Å². The number of aldehydes is 1. The van der Waals surface area contributed by atoms with E-state index in [1.165, 1.54) is 5.56 Å². The molecule has 36 heavy (non-hydrogen) atoms. The molecule has 3 aliphatic rings. The number of carbonyl (C=O) groups excluding carboxylic acids is 4. The minimum absolute atomic E-state index is 0.159. The predicted octanol–water partition coefficient (Wildman–Crippen LogP) is 4.21. The van der Waals surface area contributed by atoms with Crippen molar-refractivity contribution in [3.8, 4) is 0 Å². The molecule has 5 rings (SSSR count). The fourth-order valence-corrected chi connectivity index (χ4v) is 7.99. The number of amides is 3. The Morgan fingerprint density at radius 3 is 2.14 bits per heavy atom. The highest BCUT2D eigenvalue weighted by Crippen LogP contribution is 2.45. The number of hydrogen-bond acceptors (Lipinski definition) is 6. The second kappa shape index (κ2) is 11.1. The summed E-state index contributed by atoms with van der Waals surface area (Å²) in [5.74, 6) is 1.76. The lowest BCUT2D eigenvalue weighted by molar-refractivity contribution is -0.139. The quantitative estimate of drug-likeness (QED) is 0.571. The van der Waals surface area contributed by atoms with E-state index in [0.29, 0.717) is 41.6 Å². The van der Waals surface area contributed by atoms with Crippen LogP contribution in [0.5, 0.6) is 0 Å². The van der Waals surface area contributed by atoms with Crippen LogP contribution in [0, 0.1) is 0 Å². The molecule has 2 aromatic carbocycles. The van der Waals surface area contributed by atoms with Gasteiger partial charge < -0.3 is 15.1 Å². The normalized spacial score (nSPS) is 22.1. The number of benzene rings is 2. The molecule has 0 aliphatic carbocycles. The monoisotopic (exact) mass is 523 g/mol. The van der Waals surface area contributed by atoms with Crippen LogP contribution >= 0.6 is 23.5 Å². The molecule has 3 amide bonds. The second-order valence-electron chi connectivity index (χ2n) is 9.27. The summed E-state index contributed by atoms with van der Waals surface area (Å²) in [5.41, 5.74) is 2.93. The number of nitrogens with one attached hydrogen (secondary N) is 1. The van der Waals surface area contributed by atoms with E-state index in [9.17, 15) is 19.2 Å². The topological polar surface area (TPSA) is 86.8 Å². The molecular formula is C27H29N3O4S2. The van der Waals surface area contributed by atoms with Gasteiger partial charge in [-0.3, -0.25) is 19.2 Å². The van der Waals surface area contributed by atoms with E-state index in [1.807, 2.05) is 35.7 Å². The Balaban J connectivity index is 1.24. The summed E-state index contributed by atoms with van der Waals surface area (Å²) >= 11 is 3.89. The molecule has 2 aromatic rings. The standard InChI is InChI=1S/C27H29N3O4S2/c31-17-18-5-7-19(8-6-18)25(33)30-14-2-4-23(30)26(34)29-13-1-3-22(29)24(32)28-21-11-9-20(10-12-21)27-35-15-16-36-27/h5-12,17,22-23,27H,1-4,13-16H2,(H,28,32)/t22-,23+/m0/s1. The molecule has 0 spiro atoms. The van der Waals surface area contributed by atoms with Crippen LogP contribution in [0.2, 0.25) is 0 Å². The van der Waals surface area contributed by atoms with Gasteiger partial charge in [0.25, 0.3) is 5.91 Å². The zero-order valence-corrected chi connectivity index (χ0v) is 21.6.